The van der Waals surface area contributed by atoms with Gasteiger partial charge in [0, 0.05) is 30.9 Å². The van der Waals surface area contributed by atoms with Gasteiger partial charge in [0.05, 0.1) is 12.6 Å². The van der Waals surface area contributed by atoms with Crippen LogP contribution in [0.4, 0.5) is 10.5 Å². The Morgan fingerprint density at radius 3 is 2.85 bits per heavy atom. The highest BCUT2D eigenvalue weighted by Crippen LogP contribution is 2.33. The Morgan fingerprint density at radius 1 is 1.33 bits per heavy atom. The summed E-state index contributed by atoms with van der Waals surface area (Å²) in [6.45, 7) is 1.55. The second-order valence-electron chi connectivity index (χ2n) is 5.98. The summed E-state index contributed by atoms with van der Waals surface area (Å²) in [5.74, 6) is -0.338. The minimum atomic E-state index is -0.338. The third-order valence-corrected chi connectivity index (χ3v) is 5.39. The molecule has 1 aromatic heterocycles. The van der Waals surface area contributed by atoms with Crippen LogP contribution in [0.2, 0.25) is 5.02 Å². The zero-order valence-electron chi connectivity index (χ0n) is 14.8. The summed E-state index contributed by atoms with van der Waals surface area (Å²) in [5, 5.41) is 15.2. The SMILES string of the molecule is COCCNC(=O)N1CCCC1c1nnc(C(=O)Nc2ccc(Cl)cc2)s1. The van der Waals surface area contributed by atoms with Crippen LogP contribution >= 0.6 is 22.9 Å². The Labute approximate surface area is 165 Å². The maximum atomic E-state index is 12.4. The molecule has 2 aromatic rings. The van der Waals surface area contributed by atoms with Crippen molar-refractivity contribution in [1.82, 2.24) is 20.4 Å². The van der Waals surface area contributed by atoms with Gasteiger partial charge in [0.1, 0.15) is 5.01 Å². The Kier molecular flexibility index (Phi) is 6.59. The highest BCUT2D eigenvalue weighted by Gasteiger charge is 2.33. The number of benzene rings is 1. The van der Waals surface area contributed by atoms with Gasteiger partial charge in [0.15, 0.2) is 0 Å². The summed E-state index contributed by atoms with van der Waals surface area (Å²) in [6, 6.07) is 6.50. The fourth-order valence-electron chi connectivity index (χ4n) is 2.81. The predicted molar refractivity (Wildman–Crippen MR) is 103 cm³/mol. The van der Waals surface area contributed by atoms with Crippen molar-refractivity contribution in [3.63, 3.8) is 0 Å². The number of hydrogen-bond donors (Lipinski definition) is 2. The number of anilines is 1. The zero-order chi connectivity index (χ0) is 19.2. The van der Waals surface area contributed by atoms with E-state index in [2.05, 4.69) is 20.8 Å². The van der Waals surface area contributed by atoms with E-state index in [0.717, 1.165) is 12.8 Å². The van der Waals surface area contributed by atoms with E-state index in [0.29, 0.717) is 35.4 Å². The van der Waals surface area contributed by atoms with Crippen molar-refractivity contribution >= 4 is 40.6 Å². The first-order chi connectivity index (χ1) is 13.1. The molecule has 10 heteroatoms. The van der Waals surface area contributed by atoms with E-state index in [1.807, 2.05) is 0 Å². The second-order valence-corrected chi connectivity index (χ2v) is 7.43. The maximum absolute atomic E-state index is 12.4. The van der Waals surface area contributed by atoms with Gasteiger partial charge in [-0.1, -0.05) is 22.9 Å². The van der Waals surface area contributed by atoms with Crippen LogP contribution in [-0.2, 0) is 4.74 Å². The van der Waals surface area contributed by atoms with Crippen molar-refractivity contribution in [2.45, 2.75) is 18.9 Å². The average molecular weight is 410 g/mol. The quantitative estimate of drug-likeness (QED) is 0.715. The number of ether oxygens (including phenoxy) is 1. The Balaban J connectivity index is 1.64. The zero-order valence-corrected chi connectivity index (χ0v) is 16.3. The van der Waals surface area contributed by atoms with Crippen molar-refractivity contribution in [3.05, 3.63) is 39.3 Å². The van der Waals surface area contributed by atoms with E-state index < -0.39 is 0 Å². The van der Waals surface area contributed by atoms with Gasteiger partial charge in [-0.15, -0.1) is 10.2 Å². The number of rotatable bonds is 6. The maximum Gasteiger partial charge on any atom is 0.318 e. The van der Waals surface area contributed by atoms with E-state index in [1.165, 1.54) is 11.3 Å². The van der Waals surface area contributed by atoms with Crippen molar-refractivity contribution in [3.8, 4) is 0 Å². The minimum absolute atomic E-state index is 0.156. The van der Waals surface area contributed by atoms with E-state index >= 15 is 0 Å². The molecule has 2 heterocycles. The number of hydrogen-bond acceptors (Lipinski definition) is 6. The van der Waals surface area contributed by atoms with Gasteiger partial charge in [0.2, 0.25) is 5.01 Å². The van der Waals surface area contributed by atoms with Crippen molar-refractivity contribution in [2.75, 3.05) is 32.1 Å². The van der Waals surface area contributed by atoms with Crippen LogP contribution in [0.25, 0.3) is 0 Å². The van der Waals surface area contributed by atoms with E-state index in [9.17, 15) is 9.59 Å². The third kappa shape index (κ3) is 4.94. The normalized spacial score (nSPS) is 16.4. The average Bonchev–Trinajstić information content (AvgIpc) is 3.33. The number of nitrogens with zero attached hydrogens (tertiary/aromatic N) is 3. The lowest BCUT2D eigenvalue weighted by Crippen LogP contribution is -2.40. The fraction of sp³-hybridized carbons (Fsp3) is 0.412. The lowest BCUT2D eigenvalue weighted by Gasteiger charge is -2.22. The molecule has 1 atom stereocenters. The summed E-state index contributed by atoms with van der Waals surface area (Å²) in [6.07, 6.45) is 1.68. The molecule has 144 valence electrons. The molecule has 0 saturated carbocycles. The summed E-state index contributed by atoms with van der Waals surface area (Å²) >= 11 is 7.05. The Hall–Kier alpha value is -2.23. The van der Waals surface area contributed by atoms with Gasteiger partial charge in [0.25, 0.3) is 5.91 Å². The van der Waals surface area contributed by atoms with Gasteiger partial charge in [-0.05, 0) is 37.1 Å². The molecule has 2 N–H and O–H groups in total. The molecule has 3 rings (SSSR count). The molecule has 0 bridgehead atoms. The third-order valence-electron chi connectivity index (χ3n) is 4.12. The molecule has 3 amide bonds. The molecule has 0 radical (unpaired) electrons. The number of nitrogens with one attached hydrogen (secondary N) is 2. The first-order valence-electron chi connectivity index (χ1n) is 8.52. The van der Waals surface area contributed by atoms with Crippen LogP contribution in [-0.4, -0.2) is 53.8 Å². The second kappa shape index (κ2) is 9.12. The number of carbonyl (C=O) groups is 2. The van der Waals surface area contributed by atoms with E-state index in [-0.39, 0.29) is 23.0 Å². The number of methoxy groups -OCH3 is 1. The van der Waals surface area contributed by atoms with Crippen LogP contribution in [0.5, 0.6) is 0 Å². The first-order valence-corrected chi connectivity index (χ1v) is 9.71. The smallest absolute Gasteiger partial charge is 0.318 e. The van der Waals surface area contributed by atoms with Gasteiger partial charge in [-0.25, -0.2) is 4.79 Å². The molecular weight excluding hydrogens is 390 g/mol. The fourth-order valence-corrected chi connectivity index (χ4v) is 3.82. The highest BCUT2D eigenvalue weighted by atomic mass is 35.5. The van der Waals surface area contributed by atoms with Crippen LogP contribution in [0.1, 0.15) is 33.7 Å². The number of halogens is 1. The lowest BCUT2D eigenvalue weighted by atomic mass is 10.2. The number of likely N-dealkylation sites (tertiary alicyclic amines) is 1. The number of urea groups is 1. The standard InChI is InChI=1S/C17H20ClN5O3S/c1-26-10-8-19-17(25)23-9-2-3-13(23)15-21-22-16(27-15)14(24)20-12-6-4-11(18)5-7-12/h4-7,13H,2-3,8-10H2,1H3,(H,19,25)(H,20,24). The summed E-state index contributed by atoms with van der Waals surface area (Å²) < 4.78 is 4.95. The van der Waals surface area contributed by atoms with Gasteiger partial charge in [-0.2, -0.15) is 0 Å². The number of carbonyl (C=O) groups excluding carboxylic acids is 2. The van der Waals surface area contributed by atoms with Crippen LogP contribution in [0.3, 0.4) is 0 Å². The van der Waals surface area contributed by atoms with Gasteiger partial charge < -0.3 is 20.3 Å². The molecular formula is C17H20ClN5O3S. The van der Waals surface area contributed by atoms with E-state index in [1.54, 1.807) is 36.3 Å². The molecule has 1 aliphatic rings. The molecule has 1 fully saturated rings. The first kappa shape index (κ1) is 19.5. The molecule has 1 unspecified atom stereocenters. The van der Waals surface area contributed by atoms with Crippen molar-refractivity contribution in [2.24, 2.45) is 0 Å². The van der Waals surface area contributed by atoms with Crippen LogP contribution in [0, 0.1) is 0 Å². The number of aromatic nitrogens is 2. The topological polar surface area (TPSA) is 96.4 Å². The van der Waals surface area contributed by atoms with Crippen molar-refractivity contribution < 1.29 is 14.3 Å². The molecule has 0 aliphatic carbocycles. The van der Waals surface area contributed by atoms with Crippen LogP contribution < -0.4 is 10.6 Å². The minimum Gasteiger partial charge on any atom is -0.383 e. The number of amides is 3. The Bertz CT molecular complexity index is 798. The van der Waals surface area contributed by atoms with Gasteiger partial charge >= 0.3 is 6.03 Å². The van der Waals surface area contributed by atoms with Gasteiger partial charge in [-0.3, -0.25) is 4.79 Å². The van der Waals surface area contributed by atoms with Crippen molar-refractivity contribution in [1.29, 1.82) is 0 Å². The molecule has 1 aromatic carbocycles. The molecule has 0 spiro atoms. The van der Waals surface area contributed by atoms with Crippen LogP contribution in [0.15, 0.2) is 24.3 Å². The molecule has 8 nitrogen and oxygen atoms in total. The molecule has 1 saturated heterocycles. The monoisotopic (exact) mass is 409 g/mol. The molecule has 1 aliphatic heterocycles. The predicted octanol–water partition coefficient (Wildman–Crippen LogP) is 2.94. The summed E-state index contributed by atoms with van der Waals surface area (Å²) in [5.41, 5.74) is 0.626. The summed E-state index contributed by atoms with van der Waals surface area (Å²) in [7, 11) is 1.59. The lowest BCUT2D eigenvalue weighted by molar-refractivity contribution is 0.102. The highest BCUT2D eigenvalue weighted by molar-refractivity contribution is 7.13. The molecule has 27 heavy (non-hydrogen) atoms. The van der Waals surface area contributed by atoms with E-state index in [4.69, 9.17) is 16.3 Å². The Morgan fingerprint density at radius 2 is 2.11 bits per heavy atom. The largest absolute Gasteiger partial charge is 0.383 e. The summed E-state index contributed by atoms with van der Waals surface area (Å²) in [4.78, 5) is 26.4.